The van der Waals surface area contributed by atoms with Crippen molar-refractivity contribution in [3.05, 3.63) is 29.7 Å². The molecule has 1 aliphatic heterocycles. The van der Waals surface area contributed by atoms with Crippen LogP contribution in [-0.2, 0) is 9.59 Å². The molecule has 0 bridgehead atoms. The SMILES string of the molecule is O=C(O)CN1C(=O)/C(=C/c2cc(I)c(O)c(I)c2)SC1=S. The van der Waals surface area contributed by atoms with Gasteiger partial charge in [-0.3, -0.25) is 14.5 Å². The third kappa shape index (κ3) is 3.87. The number of carboxylic acids is 1. The highest BCUT2D eigenvalue weighted by molar-refractivity contribution is 14.1. The number of thiocarbonyl (C=S) groups is 1. The van der Waals surface area contributed by atoms with Crippen molar-refractivity contribution in [2.75, 3.05) is 6.54 Å². The molecule has 0 unspecified atom stereocenters. The quantitative estimate of drug-likeness (QED) is 0.345. The van der Waals surface area contributed by atoms with Gasteiger partial charge in [0, 0.05) is 0 Å². The van der Waals surface area contributed by atoms with E-state index in [4.69, 9.17) is 17.3 Å². The number of amides is 1. The molecule has 0 aromatic heterocycles. The maximum absolute atomic E-state index is 12.1. The molecule has 1 heterocycles. The van der Waals surface area contributed by atoms with Gasteiger partial charge in [0.05, 0.1) is 12.0 Å². The van der Waals surface area contributed by atoms with E-state index in [1.807, 2.05) is 45.2 Å². The largest absolute Gasteiger partial charge is 0.506 e. The third-order valence-corrected chi connectivity index (χ3v) is 5.53. The van der Waals surface area contributed by atoms with Crippen LogP contribution in [0.5, 0.6) is 5.75 Å². The van der Waals surface area contributed by atoms with Gasteiger partial charge in [0.1, 0.15) is 16.6 Å². The molecule has 0 spiro atoms. The molecule has 1 saturated heterocycles. The molecule has 0 saturated carbocycles. The number of aliphatic carboxylic acids is 1. The molecule has 1 fully saturated rings. The fourth-order valence-electron chi connectivity index (χ4n) is 1.59. The summed E-state index contributed by atoms with van der Waals surface area (Å²) in [7, 11) is 0. The first-order valence-electron chi connectivity index (χ1n) is 5.44. The van der Waals surface area contributed by atoms with Crippen LogP contribution in [0.4, 0.5) is 0 Å². The van der Waals surface area contributed by atoms with Crippen molar-refractivity contribution in [2.45, 2.75) is 0 Å². The highest BCUT2D eigenvalue weighted by atomic mass is 127. The number of thioether (sulfide) groups is 1. The molecule has 110 valence electrons. The molecule has 0 atom stereocenters. The number of carbonyl (C=O) groups excluding carboxylic acids is 1. The number of rotatable bonds is 3. The zero-order valence-corrected chi connectivity index (χ0v) is 16.1. The van der Waals surface area contributed by atoms with Crippen LogP contribution in [0.2, 0.25) is 0 Å². The van der Waals surface area contributed by atoms with Crippen molar-refractivity contribution in [3.63, 3.8) is 0 Å². The first-order chi connectivity index (χ1) is 9.79. The molecule has 0 radical (unpaired) electrons. The summed E-state index contributed by atoms with van der Waals surface area (Å²) in [6.07, 6.45) is 1.64. The predicted octanol–water partition coefficient (Wildman–Crippen LogP) is 2.89. The second kappa shape index (κ2) is 6.79. The monoisotopic (exact) mass is 547 g/mol. The second-order valence-corrected chi connectivity index (χ2v) is 7.99. The van der Waals surface area contributed by atoms with Crippen LogP contribution in [0.15, 0.2) is 17.0 Å². The van der Waals surface area contributed by atoms with Gasteiger partial charge in [-0.05, 0) is 69.0 Å². The van der Waals surface area contributed by atoms with E-state index in [0.29, 0.717) is 12.0 Å². The van der Waals surface area contributed by atoms with Crippen molar-refractivity contribution in [2.24, 2.45) is 0 Å². The summed E-state index contributed by atoms with van der Waals surface area (Å²) >= 11 is 10.1. The lowest BCUT2D eigenvalue weighted by molar-refractivity contribution is -0.140. The van der Waals surface area contributed by atoms with Crippen molar-refractivity contribution in [1.29, 1.82) is 0 Å². The van der Waals surface area contributed by atoms with Gasteiger partial charge in [-0.2, -0.15) is 0 Å². The molecule has 1 aliphatic rings. The summed E-state index contributed by atoms with van der Waals surface area (Å²) in [6.45, 7) is -0.438. The average molecular weight is 547 g/mol. The number of benzene rings is 1. The Hall–Kier alpha value is -0.400. The van der Waals surface area contributed by atoms with E-state index >= 15 is 0 Å². The summed E-state index contributed by atoms with van der Waals surface area (Å²) in [5.41, 5.74) is 0.748. The molecule has 2 N–H and O–H groups in total. The van der Waals surface area contributed by atoms with Gasteiger partial charge >= 0.3 is 5.97 Å². The highest BCUT2D eigenvalue weighted by Gasteiger charge is 2.33. The van der Waals surface area contributed by atoms with Gasteiger partial charge in [-0.25, -0.2) is 0 Å². The first kappa shape index (κ1) is 17.0. The summed E-state index contributed by atoms with van der Waals surface area (Å²) in [6, 6.07) is 3.48. The Morgan fingerprint density at radius 3 is 2.48 bits per heavy atom. The van der Waals surface area contributed by atoms with Gasteiger partial charge in [-0.15, -0.1) is 0 Å². The van der Waals surface area contributed by atoms with Crippen molar-refractivity contribution in [3.8, 4) is 5.75 Å². The number of nitrogens with zero attached hydrogens (tertiary/aromatic N) is 1. The molecule has 1 aromatic rings. The molecule has 2 rings (SSSR count). The molecule has 21 heavy (non-hydrogen) atoms. The van der Waals surface area contributed by atoms with Gasteiger partial charge in [0.15, 0.2) is 0 Å². The molecule has 9 heteroatoms. The van der Waals surface area contributed by atoms with E-state index in [1.165, 1.54) is 0 Å². The van der Waals surface area contributed by atoms with Crippen LogP contribution in [0.25, 0.3) is 6.08 Å². The zero-order valence-electron chi connectivity index (χ0n) is 10.2. The zero-order chi connectivity index (χ0) is 15.7. The predicted molar refractivity (Wildman–Crippen MR) is 101 cm³/mol. The number of phenols is 1. The molecular formula is C12H7I2NO4S2. The van der Waals surface area contributed by atoms with Crippen molar-refractivity contribution < 1.29 is 19.8 Å². The topological polar surface area (TPSA) is 77.8 Å². The minimum absolute atomic E-state index is 0.201. The minimum Gasteiger partial charge on any atom is -0.506 e. The maximum atomic E-state index is 12.1. The Kier molecular flexibility index (Phi) is 5.48. The molecule has 0 aliphatic carbocycles. The van der Waals surface area contributed by atoms with Crippen LogP contribution in [-0.4, -0.2) is 37.9 Å². The highest BCUT2D eigenvalue weighted by Crippen LogP contribution is 2.34. The van der Waals surface area contributed by atoms with E-state index in [-0.39, 0.29) is 10.1 Å². The van der Waals surface area contributed by atoms with Crippen LogP contribution in [0, 0.1) is 7.14 Å². The number of hydrogen-bond acceptors (Lipinski definition) is 5. The van der Waals surface area contributed by atoms with E-state index in [0.717, 1.165) is 22.2 Å². The number of halogens is 2. The fraction of sp³-hybridized carbons (Fsp3) is 0.0833. The summed E-state index contributed by atoms with van der Waals surface area (Å²) in [5, 5.41) is 18.5. The minimum atomic E-state index is -1.11. The van der Waals surface area contributed by atoms with Gasteiger partial charge in [-0.1, -0.05) is 24.0 Å². The lowest BCUT2D eigenvalue weighted by Crippen LogP contribution is -2.33. The lowest BCUT2D eigenvalue weighted by Gasteiger charge is -2.10. The number of aromatic hydroxyl groups is 1. The van der Waals surface area contributed by atoms with E-state index in [1.54, 1.807) is 18.2 Å². The van der Waals surface area contributed by atoms with Crippen molar-refractivity contribution >= 4 is 91.4 Å². The van der Waals surface area contributed by atoms with Crippen LogP contribution >= 0.6 is 69.2 Å². The summed E-state index contributed by atoms with van der Waals surface area (Å²) in [5.74, 6) is -1.32. The third-order valence-electron chi connectivity index (χ3n) is 2.50. The van der Waals surface area contributed by atoms with Gasteiger partial charge in [0.2, 0.25) is 0 Å². The first-order valence-corrected chi connectivity index (χ1v) is 8.83. The van der Waals surface area contributed by atoms with Gasteiger partial charge in [0.25, 0.3) is 5.91 Å². The molecule has 5 nitrogen and oxygen atoms in total. The Morgan fingerprint density at radius 1 is 1.38 bits per heavy atom. The Morgan fingerprint density at radius 2 is 1.95 bits per heavy atom. The molecule has 1 aromatic carbocycles. The van der Waals surface area contributed by atoms with Gasteiger partial charge < -0.3 is 10.2 Å². The standard InChI is InChI=1S/C12H7I2NO4S2/c13-6-1-5(2-7(14)10(6)18)3-8-11(19)15(4-9(16)17)12(20)21-8/h1-3,18H,4H2,(H,16,17)/b8-3-. The smallest absolute Gasteiger partial charge is 0.323 e. The Labute approximate surface area is 157 Å². The van der Waals surface area contributed by atoms with Crippen LogP contribution in [0.3, 0.4) is 0 Å². The van der Waals surface area contributed by atoms with E-state index < -0.39 is 18.4 Å². The Balaban J connectivity index is 2.33. The lowest BCUT2D eigenvalue weighted by atomic mass is 10.2. The summed E-state index contributed by atoms with van der Waals surface area (Å²) < 4.78 is 1.58. The maximum Gasteiger partial charge on any atom is 0.323 e. The van der Waals surface area contributed by atoms with Crippen LogP contribution in [0.1, 0.15) is 5.56 Å². The molecule has 1 amide bonds. The van der Waals surface area contributed by atoms with E-state index in [2.05, 4.69) is 0 Å². The number of carboxylic acid groups (broad SMARTS) is 1. The normalized spacial score (nSPS) is 16.9. The number of phenolic OH excluding ortho intramolecular Hbond substituents is 1. The second-order valence-electron chi connectivity index (χ2n) is 3.99. The Bertz CT molecular complexity index is 667. The molecular weight excluding hydrogens is 540 g/mol. The van der Waals surface area contributed by atoms with Crippen molar-refractivity contribution in [1.82, 2.24) is 4.90 Å². The van der Waals surface area contributed by atoms with E-state index in [9.17, 15) is 14.7 Å². The average Bonchev–Trinajstić information content (AvgIpc) is 2.63. The number of hydrogen-bond donors (Lipinski definition) is 2. The fourth-order valence-corrected chi connectivity index (χ4v) is 4.66. The van der Waals surface area contributed by atoms with Crippen LogP contribution < -0.4 is 0 Å². The summed E-state index contributed by atoms with van der Waals surface area (Å²) in [4.78, 5) is 24.3. The number of carbonyl (C=O) groups is 2.